The standard InChI is InChI=1S/C16H17Cl2N3/c1-2-19-15-11-5-3-4-6-14(11)20-16(21-15)12-9-10(17)7-8-13(12)18/h7-9H,2-6H2,1H3,(H,19,20,21). The molecule has 0 fully saturated rings. The fraction of sp³-hybridized carbons (Fsp3) is 0.375. The molecule has 0 aliphatic heterocycles. The van der Waals surface area contributed by atoms with Gasteiger partial charge in [0.1, 0.15) is 5.82 Å². The largest absolute Gasteiger partial charge is 0.370 e. The summed E-state index contributed by atoms with van der Waals surface area (Å²) >= 11 is 12.4. The molecular formula is C16H17Cl2N3. The van der Waals surface area contributed by atoms with E-state index in [1.54, 1.807) is 12.1 Å². The summed E-state index contributed by atoms with van der Waals surface area (Å²) in [6.45, 7) is 2.91. The molecule has 0 amide bonds. The lowest BCUT2D eigenvalue weighted by molar-refractivity contribution is 0.665. The van der Waals surface area contributed by atoms with E-state index in [0.29, 0.717) is 15.9 Å². The summed E-state index contributed by atoms with van der Waals surface area (Å²) in [5.74, 6) is 1.59. The van der Waals surface area contributed by atoms with E-state index in [1.165, 1.54) is 18.4 Å². The molecule has 0 atom stereocenters. The summed E-state index contributed by atoms with van der Waals surface area (Å²) in [6.07, 6.45) is 4.42. The molecule has 21 heavy (non-hydrogen) atoms. The maximum absolute atomic E-state index is 6.28. The molecule has 1 aromatic carbocycles. The molecule has 0 bridgehead atoms. The second-order valence-electron chi connectivity index (χ2n) is 5.18. The highest BCUT2D eigenvalue weighted by molar-refractivity contribution is 6.35. The molecule has 1 aromatic heterocycles. The molecule has 1 N–H and O–H groups in total. The number of benzene rings is 1. The average molecular weight is 322 g/mol. The lowest BCUT2D eigenvalue weighted by Crippen LogP contribution is -2.13. The molecule has 110 valence electrons. The highest BCUT2D eigenvalue weighted by Crippen LogP contribution is 2.32. The van der Waals surface area contributed by atoms with Crippen molar-refractivity contribution in [3.63, 3.8) is 0 Å². The summed E-state index contributed by atoms with van der Waals surface area (Å²) in [7, 11) is 0. The van der Waals surface area contributed by atoms with E-state index in [4.69, 9.17) is 28.2 Å². The lowest BCUT2D eigenvalue weighted by atomic mass is 9.96. The molecule has 1 heterocycles. The number of halogens is 2. The van der Waals surface area contributed by atoms with Crippen LogP contribution in [0, 0.1) is 0 Å². The van der Waals surface area contributed by atoms with Gasteiger partial charge in [0, 0.05) is 28.4 Å². The Labute approximate surface area is 134 Å². The van der Waals surface area contributed by atoms with Gasteiger partial charge < -0.3 is 5.32 Å². The smallest absolute Gasteiger partial charge is 0.163 e. The average Bonchev–Trinajstić information content (AvgIpc) is 2.50. The van der Waals surface area contributed by atoms with Crippen molar-refractivity contribution in [2.24, 2.45) is 0 Å². The van der Waals surface area contributed by atoms with Crippen LogP contribution in [0.15, 0.2) is 18.2 Å². The first-order valence-electron chi connectivity index (χ1n) is 7.28. The first-order chi connectivity index (χ1) is 10.2. The maximum atomic E-state index is 6.28. The van der Waals surface area contributed by atoms with E-state index >= 15 is 0 Å². The van der Waals surface area contributed by atoms with Crippen LogP contribution in [-0.2, 0) is 12.8 Å². The number of rotatable bonds is 3. The quantitative estimate of drug-likeness (QED) is 0.885. The molecule has 3 nitrogen and oxygen atoms in total. The molecule has 1 aliphatic rings. The fourth-order valence-corrected chi connectivity index (χ4v) is 3.07. The summed E-state index contributed by atoms with van der Waals surface area (Å²) in [5.41, 5.74) is 3.18. The number of nitrogens with zero attached hydrogens (tertiary/aromatic N) is 2. The minimum atomic E-state index is 0.623. The number of hydrogen-bond donors (Lipinski definition) is 1. The van der Waals surface area contributed by atoms with Gasteiger partial charge in [0.05, 0.1) is 5.02 Å². The molecule has 0 saturated heterocycles. The van der Waals surface area contributed by atoms with Crippen molar-refractivity contribution in [3.05, 3.63) is 39.5 Å². The van der Waals surface area contributed by atoms with Crippen LogP contribution in [-0.4, -0.2) is 16.5 Å². The molecule has 3 rings (SSSR count). The van der Waals surface area contributed by atoms with Gasteiger partial charge in [0.15, 0.2) is 5.82 Å². The lowest BCUT2D eigenvalue weighted by Gasteiger charge is -2.19. The predicted molar refractivity (Wildman–Crippen MR) is 88.3 cm³/mol. The predicted octanol–water partition coefficient (Wildman–Crippen LogP) is 4.76. The van der Waals surface area contributed by atoms with Crippen LogP contribution in [0.2, 0.25) is 10.0 Å². The van der Waals surface area contributed by atoms with Crippen molar-refractivity contribution < 1.29 is 0 Å². The van der Waals surface area contributed by atoms with E-state index in [2.05, 4.69) is 17.2 Å². The van der Waals surface area contributed by atoms with Crippen molar-refractivity contribution >= 4 is 29.0 Å². The SMILES string of the molecule is CCNc1nc(-c2cc(Cl)ccc2Cl)nc2c1CCCC2. The molecule has 1 aliphatic carbocycles. The van der Waals surface area contributed by atoms with Gasteiger partial charge in [-0.3, -0.25) is 0 Å². The zero-order valence-electron chi connectivity index (χ0n) is 11.9. The van der Waals surface area contributed by atoms with E-state index in [0.717, 1.165) is 36.5 Å². The Bertz CT molecular complexity index is 671. The third-order valence-corrected chi connectivity index (χ3v) is 4.26. The minimum Gasteiger partial charge on any atom is -0.370 e. The minimum absolute atomic E-state index is 0.623. The number of aryl methyl sites for hydroxylation is 1. The van der Waals surface area contributed by atoms with Gasteiger partial charge in [-0.2, -0.15) is 0 Å². The Kier molecular flexibility index (Phi) is 4.32. The zero-order chi connectivity index (χ0) is 14.8. The van der Waals surface area contributed by atoms with E-state index in [9.17, 15) is 0 Å². The van der Waals surface area contributed by atoms with Crippen LogP contribution in [0.5, 0.6) is 0 Å². The van der Waals surface area contributed by atoms with E-state index in [-0.39, 0.29) is 0 Å². The Morgan fingerprint density at radius 1 is 1.14 bits per heavy atom. The fourth-order valence-electron chi connectivity index (χ4n) is 2.70. The van der Waals surface area contributed by atoms with Crippen molar-refractivity contribution in [3.8, 4) is 11.4 Å². The first-order valence-corrected chi connectivity index (χ1v) is 8.03. The number of hydrogen-bond acceptors (Lipinski definition) is 3. The highest BCUT2D eigenvalue weighted by atomic mass is 35.5. The molecule has 5 heteroatoms. The van der Waals surface area contributed by atoms with E-state index < -0.39 is 0 Å². The van der Waals surface area contributed by atoms with Gasteiger partial charge >= 0.3 is 0 Å². The molecular weight excluding hydrogens is 305 g/mol. The second kappa shape index (κ2) is 6.20. The van der Waals surface area contributed by atoms with Crippen LogP contribution >= 0.6 is 23.2 Å². The van der Waals surface area contributed by atoms with Gasteiger partial charge in [-0.1, -0.05) is 23.2 Å². The van der Waals surface area contributed by atoms with Crippen molar-refractivity contribution in [1.82, 2.24) is 9.97 Å². The van der Waals surface area contributed by atoms with Crippen LogP contribution in [0.1, 0.15) is 31.0 Å². The third kappa shape index (κ3) is 2.99. The van der Waals surface area contributed by atoms with Gasteiger partial charge in [-0.05, 0) is 50.8 Å². The number of aromatic nitrogens is 2. The zero-order valence-corrected chi connectivity index (χ0v) is 13.4. The van der Waals surface area contributed by atoms with Crippen molar-refractivity contribution in [2.75, 3.05) is 11.9 Å². The van der Waals surface area contributed by atoms with Crippen LogP contribution in [0.3, 0.4) is 0 Å². The van der Waals surface area contributed by atoms with E-state index in [1.807, 2.05) is 6.07 Å². The number of fused-ring (bicyclic) bond motifs is 1. The number of nitrogens with one attached hydrogen (secondary N) is 1. The monoisotopic (exact) mass is 321 g/mol. The van der Waals surface area contributed by atoms with Gasteiger partial charge in [0.25, 0.3) is 0 Å². The van der Waals surface area contributed by atoms with Crippen molar-refractivity contribution in [2.45, 2.75) is 32.6 Å². The topological polar surface area (TPSA) is 37.8 Å². The van der Waals surface area contributed by atoms with Gasteiger partial charge in [-0.15, -0.1) is 0 Å². The molecule has 0 radical (unpaired) electrons. The normalized spacial score (nSPS) is 13.9. The summed E-state index contributed by atoms with van der Waals surface area (Å²) < 4.78 is 0. The Morgan fingerprint density at radius 3 is 2.76 bits per heavy atom. The molecule has 0 spiro atoms. The third-order valence-electron chi connectivity index (χ3n) is 3.70. The molecule has 0 unspecified atom stereocenters. The summed E-state index contributed by atoms with van der Waals surface area (Å²) in [4.78, 5) is 9.42. The highest BCUT2D eigenvalue weighted by Gasteiger charge is 2.19. The molecule has 2 aromatic rings. The maximum Gasteiger partial charge on any atom is 0.163 e. The Hall–Kier alpha value is -1.32. The van der Waals surface area contributed by atoms with Crippen LogP contribution < -0.4 is 5.32 Å². The molecule has 0 saturated carbocycles. The Balaban J connectivity index is 2.14. The van der Waals surface area contributed by atoms with Gasteiger partial charge in [0.2, 0.25) is 0 Å². The second-order valence-corrected chi connectivity index (χ2v) is 6.03. The first kappa shape index (κ1) is 14.6. The van der Waals surface area contributed by atoms with Crippen LogP contribution in [0.25, 0.3) is 11.4 Å². The van der Waals surface area contributed by atoms with Crippen molar-refractivity contribution in [1.29, 1.82) is 0 Å². The Morgan fingerprint density at radius 2 is 1.95 bits per heavy atom. The summed E-state index contributed by atoms with van der Waals surface area (Å²) in [6, 6.07) is 5.39. The number of anilines is 1. The van der Waals surface area contributed by atoms with Crippen LogP contribution in [0.4, 0.5) is 5.82 Å². The summed E-state index contributed by atoms with van der Waals surface area (Å²) in [5, 5.41) is 4.62. The van der Waals surface area contributed by atoms with Gasteiger partial charge in [-0.25, -0.2) is 9.97 Å².